The highest BCUT2D eigenvalue weighted by molar-refractivity contribution is 7.85. The lowest BCUT2D eigenvalue weighted by atomic mass is 10.1. The van der Waals surface area contributed by atoms with E-state index in [9.17, 15) is 8.42 Å². The Balaban J connectivity index is 0.000000346. The summed E-state index contributed by atoms with van der Waals surface area (Å²) >= 11 is 0. The van der Waals surface area contributed by atoms with Crippen molar-refractivity contribution in [3.8, 4) is 0 Å². The molecule has 124 valence electrons. The van der Waals surface area contributed by atoms with Crippen LogP contribution in [-0.4, -0.2) is 55.6 Å². The van der Waals surface area contributed by atoms with Crippen molar-refractivity contribution in [2.24, 2.45) is 10.7 Å². The summed E-state index contributed by atoms with van der Waals surface area (Å²) < 4.78 is 26.9. The van der Waals surface area contributed by atoms with E-state index in [-0.39, 0.29) is 5.75 Å². The van der Waals surface area contributed by atoms with Gasteiger partial charge in [-0.1, -0.05) is 30.3 Å². The van der Waals surface area contributed by atoms with Gasteiger partial charge in [-0.15, -0.1) is 0 Å². The van der Waals surface area contributed by atoms with Gasteiger partial charge in [0.25, 0.3) is 10.1 Å². The second kappa shape index (κ2) is 8.87. The van der Waals surface area contributed by atoms with Crippen LogP contribution in [0, 0.1) is 0 Å². The second-order valence-electron chi connectivity index (χ2n) is 5.19. The molecule has 1 aliphatic heterocycles. The molecule has 0 fully saturated rings. The molecule has 1 aromatic rings. The summed E-state index contributed by atoms with van der Waals surface area (Å²) in [6.07, 6.45) is 1.92. The molecule has 6 nitrogen and oxygen atoms in total. The van der Waals surface area contributed by atoms with Crippen LogP contribution in [0.5, 0.6) is 0 Å². The van der Waals surface area contributed by atoms with E-state index in [4.69, 9.17) is 15.3 Å². The highest BCUT2D eigenvalue weighted by atomic mass is 32.2. The van der Waals surface area contributed by atoms with Crippen molar-refractivity contribution in [1.82, 2.24) is 4.90 Å². The molecule has 7 heteroatoms. The third-order valence-electron chi connectivity index (χ3n) is 3.33. The summed E-state index contributed by atoms with van der Waals surface area (Å²) in [5.41, 5.74) is 6.88. The van der Waals surface area contributed by atoms with E-state index in [1.54, 1.807) is 0 Å². The number of nitrogens with zero attached hydrogens (tertiary/aromatic N) is 2. The van der Waals surface area contributed by atoms with Crippen LogP contribution < -0.4 is 5.73 Å². The van der Waals surface area contributed by atoms with Gasteiger partial charge in [-0.2, -0.15) is 8.42 Å². The first kappa shape index (κ1) is 18.6. The largest absolute Gasteiger partial charge is 0.361 e. The molecule has 0 radical (unpaired) electrons. The minimum absolute atomic E-state index is 0.201. The van der Waals surface area contributed by atoms with Crippen LogP contribution >= 0.6 is 0 Å². The molecule has 2 rings (SSSR count). The van der Waals surface area contributed by atoms with E-state index in [2.05, 4.69) is 36.2 Å². The number of nitrogens with two attached hydrogens (primary N) is 1. The quantitative estimate of drug-likeness (QED) is 0.792. The lowest BCUT2D eigenvalue weighted by molar-refractivity contribution is 0.481. The first-order valence-corrected chi connectivity index (χ1v) is 8.93. The number of aliphatic imine (C=N–C) groups is 1. The van der Waals surface area contributed by atoms with Crippen molar-refractivity contribution >= 4 is 16.0 Å². The van der Waals surface area contributed by atoms with E-state index in [0.29, 0.717) is 6.04 Å². The van der Waals surface area contributed by atoms with Gasteiger partial charge in [0.1, 0.15) is 5.84 Å². The summed E-state index contributed by atoms with van der Waals surface area (Å²) in [4.78, 5) is 6.96. The lowest BCUT2D eigenvalue weighted by Gasteiger charge is -2.14. The van der Waals surface area contributed by atoms with Gasteiger partial charge in [-0.05, 0) is 25.5 Å². The van der Waals surface area contributed by atoms with E-state index in [0.717, 1.165) is 25.9 Å². The fraction of sp³-hybridized carbons (Fsp3) is 0.533. The van der Waals surface area contributed by atoms with Gasteiger partial charge in [-0.25, -0.2) is 0 Å². The monoisotopic (exact) mass is 327 g/mol. The average Bonchev–Trinajstić information content (AvgIpc) is 2.80. The van der Waals surface area contributed by atoms with E-state index < -0.39 is 10.1 Å². The molecule has 0 saturated heterocycles. The highest BCUT2D eigenvalue weighted by Crippen LogP contribution is 2.13. The molecule has 1 aromatic carbocycles. The minimum Gasteiger partial charge on any atom is -0.361 e. The Bertz CT molecular complexity index is 573. The predicted molar refractivity (Wildman–Crippen MR) is 89.8 cm³/mol. The molecule has 1 unspecified atom stereocenters. The van der Waals surface area contributed by atoms with Crippen molar-refractivity contribution in [2.45, 2.75) is 25.8 Å². The Morgan fingerprint density at radius 3 is 2.45 bits per heavy atom. The topological polar surface area (TPSA) is 96.0 Å². The molecule has 0 saturated carbocycles. The third kappa shape index (κ3) is 7.02. The summed E-state index contributed by atoms with van der Waals surface area (Å²) in [6.45, 7) is 3.11. The zero-order valence-corrected chi connectivity index (χ0v) is 14.0. The zero-order chi connectivity index (χ0) is 16.6. The summed E-state index contributed by atoms with van der Waals surface area (Å²) in [7, 11) is -1.55. The van der Waals surface area contributed by atoms with Crippen LogP contribution in [0.1, 0.15) is 18.9 Å². The molecule has 0 aromatic heterocycles. The number of hydrogen-bond acceptors (Lipinski definition) is 5. The maximum Gasteiger partial charge on any atom is 0.264 e. The van der Waals surface area contributed by atoms with Crippen molar-refractivity contribution < 1.29 is 13.0 Å². The fourth-order valence-electron chi connectivity index (χ4n) is 2.08. The average molecular weight is 327 g/mol. The zero-order valence-electron chi connectivity index (χ0n) is 13.1. The number of benzene rings is 1. The van der Waals surface area contributed by atoms with Gasteiger partial charge in [0.05, 0.1) is 11.8 Å². The number of amidine groups is 1. The van der Waals surface area contributed by atoms with Gasteiger partial charge in [0.15, 0.2) is 0 Å². The molecule has 0 bridgehead atoms. The SMILES string of the molecule is CCS(=O)(=O)O.CN1CC(CCN)N=C1Cc1ccccc1. The van der Waals surface area contributed by atoms with Gasteiger partial charge in [0, 0.05) is 20.0 Å². The second-order valence-corrected chi connectivity index (χ2v) is 6.93. The van der Waals surface area contributed by atoms with E-state index in [1.807, 2.05) is 6.07 Å². The first-order chi connectivity index (χ1) is 10.4. The molecule has 1 heterocycles. The van der Waals surface area contributed by atoms with Crippen LogP contribution in [0.15, 0.2) is 35.3 Å². The van der Waals surface area contributed by atoms with Gasteiger partial charge < -0.3 is 10.6 Å². The van der Waals surface area contributed by atoms with Crippen molar-refractivity contribution in [1.29, 1.82) is 0 Å². The Hall–Kier alpha value is -1.44. The Morgan fingerprint density at radius 1 is 1.36 bits per heavy atom. The van der Waals surface area contributed by atoms with Crippen molar-refractivity contribution in [2.75, 3.05) is 25.9 Å². The number of likely N-dealkylation sites (N-methyl/N-ethyl adjacent to an activating group) is 1. The Morgan fingerprint density at radius 2 is 1.95 bits per heavy atom. The molecular weight excluding hydrogens is 302 g/mol. The van der Waals surface area contributed by atoms with Crippen LogP contribution in [0.25, 0.3) is 0 Å². The molecular formula is C15H25N3O3S. The van der Waals surface area contributed by atoms with E-state index >= 15 is 0 Å². The molecule has 3 N–H and O–H groups in total. The van der Waals surface area contributed by atoms with E-state index in [1.165, 1.54) is 18.3 Å². The minimum atomic E-state index is -3.66. The van der Waals surface area contributed by atoms with Crippen molar-refractivity contribution in [3.05, 3.63) is 35.9 Å². The lowest BCUT2D eigenvalue weighted by Crippen LogP contribution is -2.26. The predicted octanol–water partition coefficient (Wildman–Crippen LogP) is 1.18. The van der Waals surface area contributed by atoms with Gasteiger partial charge in [-0.3, -0.25) is 9.55 Å². The fourth-order valence-corrected chi connectivity index (χ4v) is 2.08. The highest BCUT2D eigenvalue weighted by Gasteiger charge is 2.21. The standard InChI is InChI=1S/C13H19N3.C2H6O3S/c1-16-10-12(7-8-14)15-13(16)9-11-5-3-2-4-6-11;1-2-6(3,4)5/h2-6,12H,7-10,14H2,1H3;2H2,1H3,(H,3,4,5). The van der Waals surface area contributed by atoms with Gasteiger partial charge >= 0.3 is 0 Å². The number of rotatable bonds is 5. The summed E-state index contributed by atoms with van der Waals surface area (Å²) in [5, 5.41) is 0. The molecule has 0 spiro atoms. The smallest absolute Gasteiger partial charge is 0.264 e. The molecule has 0 amide bonds. The van der Waals surface area contributed by atoms with Crippen LogP contribution in [0.3, 0.4) is 0 Å². The number of hydrogen-bond donors (Lipinski definition) is 2. The maximum absolute atomic E-state index is 9.56. The summed E-state index contributed by atoms with van der Waals surface area (Å²) in [6, 6.07) is 10.9. The van der Waals surface area contributed by atoms with Crippen molar-refractivity contribution in [3.63, 3.8) is 0 Å². The maximum atomic E-state index is 9.56. The van der Waals surface area contributed by atoms with Crippen LogP contribution in [0.2, 0.25) is 0 Å². The molecule has 1 aliphatic rings. The Labute approximate surface area is 132 Å². The molecule has 0 aliphatic carbocycles. The molecule has 1 atom stereocenters. The Kier molecular flexibility index (Phi) is 7.50. The summed E-state index contributed by atoms with van der Waals surface area (Å²) in [5.74, 6) is 0.983. The third-order valence-corrected chi connectivity index (χ3v) is 4.06. The normalized spacial score (nSPS) is 17.7. The van der Waals surface area contributed by atoms with Crippen LogP contribution in [0.4, 0.5) is 0 Å². The first-order valence-electron chi connectivity index (χ1n) is 7.32. The van der Waals surface area contributed by atoms with Gasteiger partial charge in [0.2, 0.25) is 0 Å². The molecule has 22 heavy (non-hydrogen) atoms. The van der Waals surface area contributed by atoms with Crippen LogP contribution in [-0.2, 0) is 16.5 Å².